The number of likely N-dealkylation sites (tertiary alicyclic amines) is 1. The van der Waals surface area contributed by atoms with Crippen LogP contribution in [-0.4, -0.2) is 30.6 Å². The van der Waals surface area contributed by atoms with Crippen molar-refractivity contribution in [3.8, 4) is 0 Å². The molecule has 1 saturated heterocycles. The standard InChI is InChI=1S/C14H20BrFN2/c1-11(18-4-2-3-5-18)9-17-10-12-6-13(15)8-14(16)7-12/h6-8,11,17H,2-5,9-10H2,1H3. The predicted octanol–water partition coefficient (Wildman–Crippen LogP) is 3.16. The van der Waals surface area contributed by atoms with E-state index in [1.54, 1.807) is 6.07 Å². The third-order valence-electron chi connectivity index (χ3n) is 3.46. The van der Waals surface area contributed by atoms with Gasteiger partial charge in [0.1, 0.15) is 5.82 Å². The summed E-state index contributed by atoms with van der Waals surface area (Å²) in [4.78, 5) is 2.51. The van der Waals surface area contributed by atoms with Gasteiger partial charge in [-0.15, -0.1) is 0 Å². The molecule has 0 radical (unpaired) electrons. The van der Waals surface area contributed by atoms with Crippen molar-refractivity contribution < 1.29 is 4.39 Å². The normalized spacial score (nSPS) is 18.2. The first-order valence-electron chi connectivity index (χ1n) is 6.55. The second-order valence-electron chi connectivity index (χ2n) is 5.00. The molecule has 0 aliphatic carbocycles. The van der Waals surface area contributed by atoms with E-state index < -0.39 is 0 Å². The van der Waals surface area contributed by atoms with Gasteiger partial charge in [0.15, 0.2) is 0 Å². The van der Waals surface area contributed by atoms with Crippen LogP contribution in [0.4, 0.5) is 4.39 Å². The van der Waals surface area contributed by atoms with Gasteiger partial charge in [-0.3, -0.25) is 4.90 Å². The van der Waals surface area contributed by atoms with Crippen molar-refractivity contribution in [2.45, 2.75) is 32.4 Å². The van der Waals surface area contributed by atoms with E-state index in [2.05, 4.69) is 33.1 Å². The van der Waals surface area contributed by atoms with Crippen molar-refractivity contribution in [1.29, 1.82) is 0 Å². The summed E-state index contributed by atoms with van der Waals surface area (Å²) in [5, 5.41) is 3.40. The maximum Gasteiger partial charge on any atom is 0.124 e. The lowest BCUT2D eigenvalue weighted by atomic mass is 10.2. The third-order valence-corrected chi connectivity index (χ3v) is 3.91. The van der Waals surface area contributed by atoms with E-state index in [9.17, 15) is 4.39 Å². The van der Waals surface area contributed by atoms with Crippen LogP contribution in [0.1, 0.15) is 25.3 Å². The van der Waals surface area contributed by atoms with E-state index in [0.717, 1.165) is 16.6 Å². The third kappa shape index (κ3) is 4.04. The molecule has 2 nitrogen and oxygen atoms in total. The number of hydrogen-bond acceptors (Lipinski definition) is 2. The zero-order chi connectivity index (χ0) is 13.0. The number of benzene rings is 1. The lowest BCUT2D eigenvalue weighted by Gasteiger charge is -2.24. The Morgan fingerprint density at radius 1 is 1.33 bits per heavy atom. The zero-order valence-electron chi connectivity index (χ0n) is 10.8. The second-order valence-corrected chi connectivity index (χ2v) is 5.92. The van der Waals surface area contributed by atoms with Crippen molar-refractivity contribution in [2.75, 3.05) is 19.6 Å². The Balaban J connectivity index is 1.77. The fourth-order valence-electron chi connectivity index (χ4n) is 2.45. The van der Waals surface area contributed by atoms with Gasteiger partial charge in [0.25, 0.3) is 0 Å². The average Bonchev–Trinajstić information content (AvgIpc) is 2.80. The highest BCUT2D eigenvalue weighted by molar-refractivity contribution is 9.10. The molecule has 1 aliphatic rings. The number of hydrogen-bond donors (Lipinski definition) is 1. The monoisotopic (exact) mass is 314 g/mol. The van der Waals surface area contributed by atoms with E-state index in [1.807, 2.05) is 6.07 Å². The molecule has 4 heteroatoms. The Labute approximate surface area is 117 Å². The lowest BCUT2D eigenvalue weighted by Crippen LogP contribution is -2.38. The van der Waals surface area contributed by atoms with Crippen LogP contribution in [0.5, 0.6) is 0 Å². The molecular formula is C14H20BrFN2. The topological polar surface area (TPSA) is 15.3 Å². The Bertz CT molecular complexity index is 371. The zero-order valence-corrected chi connectivity index (χ0v) is 12.3. The first-order valence-corrected chi connectivity index (χ1v) is 7.34. The molecule has 1 N–H and O–H groups in total. The van der Waals surface area contributed by atoms with Crippen molar-refractivity contribution >= 4 is 15.9 Å². The molecule has 1 fully saturated rings. The average molecular weight is 315 g/mol. The van der Waals surface area contributed by atoms with Crippen LogP contribution in [0.2, 0.25) is 0 Å². The van der Waals surface area contributed by atoms with Crippen LogP contribution in [0.3, 0.4) is 0 Å². The molecule has 0 spiro atoms. The highest BCUT2D eigenvalue weighted by atomic mass is 79.9. The van der Waals surface area contributed by atoms with Crippen molar-refractivity contribution in [1.82, 2.24) is 10.2 Å². The molecule has 18 heavy (non-hydrogen) atoms. The maximum atomic E-state index is 13.2. The Hall–Kier alpha value is -0.450. The SMILES string of the molecule is CC(CNCc1cc(F)cc(Br)c1)N1CCCC1. The van der Waals surface area contributed by atoms with E-state index in [0.29, 0.717) is 12.6 Å². The van der Waals surface area contributed by atoms with Crippen LogP contribution in [0.15, 0.2) is 22.7 Å². The van der Waals surface area contributed by atoms with Gasteiger partial charge in [-0.25, -0.2) is 4.39 Å². The first kappa shape index (κ1) is 14.0. The van der Waals surface area contributed by atoms with Crippen LogP contribution >= 0.6 is 15.9 Å². The maximum absolute atomic E-state index is 13.2. The molecule has 1 atom stereocenters. The quantitative estimate of drug-likeness (QED) is 0.898. The van der Waals surface area contributed by atoms with Crippen molar-refractivity contribution in [3.63, 3.8) is 0 Å². The van der Waals surface area contributed by atoms with Gasteiger partial charge in [0.05, 0.1) is 0 Å². The molecule has 0 aromatic heterocycles. The lowest BCUT2D eigenvalue weighted by molar-refractivity contribution is 0.251. The van der Waals surface area contributed by atoms with Crippen LogP contribution in [0.25, 0.3) is 0 Å². The molecule has 0 bridgehead atoms. The highest BCUT2D eigenvalue weighted by Crippen LogP contribution is 2.15. The van der Waals surface area contributed by atoms with Gasteiger partial charge in [-0.1, -0.05) is 15.9 Å². The second kappa shape index (κ2) is 6.64. The minimum absolute atomic E-state index is 0.186. The van der Waals surface area contributed by atoms with Crippen molar-refractivity contribution in [3.05, 3.63) is 34.1 Å². The van der Waals surface area contributed by atoms with Gasteiger partial charge < -0.3 is 5.32 Å². The Kier molecular flexibility index (Phi) is 5.15. The fourth-order valence-corrected chi connectivity index (χ4v) is 2.96. The van der Waals surface area contributed by atoms with E-state index >= 15 is 0 Å². The highest BCUT2D eigenvalue weighted by Gasteiger charge is 2.17. The summed E-state index contributed by atoms with van der Waals surface area (Å²) < 4.78 is 14.0. The summed E-state index contributed by atoms with van der Waals surface area (Å²) in [6, 6.07) is 5.58. The van der Waals surface area contributed by atoms with Crippen molar-refractivity contribution in [2.24, 2.45) is 0 Å². The van der Waals surface area contributed by atoms with Crippen LogP contribution in [-0.2, 0) is 6.54 Å². The number of rotatable bonds is 5. The summed E-state index contributed by atoms with van der Waals surface area (Å²) in [5.74, 6) is -0.186. The Morgan fingerprint density at radius 2 is 2.06 bits per heavy atom. The summed E-state index contributed by atoms with van der Waals surface area (Å²) in [6.45, 7) is 6.35. The summed E-state index contributed by atoms with van der Waals surface area (Å²) in [7, 11) is 0. The van der Waals surface area contributed by atoms with Gasteiger partial charge in [-0.05, 0) is 56.6 Å². The molecule has 1 aromatic carbocycles. The van der Waals surface area contributed by atoms with Gasteiger partial charge in [0.2, 0.25) is 0 Å². The van der Waals surface area contributed by atoms with E-state index in [4.69, 9.17) is 0 Å². The molecule has 1 heterocycles. The molecule has 2 rings (SSSR count). The summed E-state index contributed by atoms with van der Waals surface area (Å²) in [5.41, 5.74) is 0.982. The molecular weight excluding hydrogens is 295 g/mol. The largest absolute Gasteiger partial charge is 0.311 e. The smallest absolute Gasteiger partial charge is 0.124 e. The fraction of sp³-hybridized carbons (Fsp3) is 0.571. The van der Waals surface area contributed by atoms with Crippen LogP contribution < -0.4 is 5.32 Å². The Morgan fingerprint density at radius 3 is 2.72 bits per heavy atom. The molecule has 0 amide bonds. The van der Waals surface area contributed by atoms with E-state index in [-0.39, 0.29) is 5.82 Å². The molecule has 100 valence electrons. The minimum Gasteiger partial charge on any atom is -0.311 e. The number of nitrogens with zero attached hydrogens (tertiary/aromatic N) is 1. The molecule has 1 aromatic rings. The van der Waals surface area contributed by atoms with Gasteiger partial charge >= 0.3 is 0 Å². The predicted molar refractivity (Wildman–Crippen MR) is 76.1 cm³/mol. The summed E-state index contributed by atoms with van der Waals surface area (Å²) in [6.07, 6.45) is 2.64. The number of nitrogens with one attached hydrogen (secondary N) is 1. The van der Waals surface area contributed by atoms with Gasteiger partial charge in [0, 0.05) is 23.6 Å². The molecule has 0 saturated carbocycles. The number of halogens is 2. The van der Waals surface area contributed by atoms with Gasteiger partial charge in [-0.2, -0.15) is 0 Å². The van der Waals surface area contributed by atoms with Crippen LogP contribution in [0, 0.1) is 5.82 Å². The van der Waals surface area contributed by atoms with E-state index in [1.165, 1.54) is 32.0 Å². The molecule has 1 unspecified atom stereocenters. The first-order chi connectivity index (χ1) is 8.65. The molecule has 1 aliphatic heterocycles. The minimum atomic E-state index is -0.186. The summed E-state index contributed by atoms with van der Waals surface area (Å²) >= 11 is 3.31.